The van der Waals surface area contributed by atoms with E-state index in [1.54, 1.807) is 0 Å². The van der Waals surface area contributed by atoms with Gasteiger partial charge < -0.3 is 0 Å². The average Bonchev–Trinajstić information content (AvgIpc) is 2.10. The smallest absolute Gasteiger partial charge is 0.180 e. The summed E-state index contributed by atoms with van der Waals surface area (Å²) < 4.78 is 25.7. The fourth-order valence-corrected chi connectivity index (χ4v) is 1.18. The minimum absolute atomic E-state index is 0.406. The van der Waals surface area contributed by atoms with Gasteiger partial charge in [-0.05, 0) is 12.1 Å². The van der Waals surface area contributed by atoms with Crippen LogP contribution in [0.4, 0.5) is 8.78 Å². The largest absolute Gasteiger partial charge is 0.293 e. The molecule has 0 aliphatic carbocycles. The van der Waals surface area contributed by atoms with Crippen molar-refractivity contribution in [2.24, 2.45) is 0 Å². The Labute approximate surface area is 83.3 Å². The molecule has 5 heteroatoms. The lowest BCUT2D eigenvalue weighted by Crippen LogP contribution is -2.04. The molecular weight excluding hydrogens is 221 g/mol. The zero-order chi connectivity index (χ0) is 10.0. The van der Waals surface area contributed by atoms with Crippen LogP contribution in [0.25, 0.3) is 0 Å². The van der Waals surface area contributed by atoms with Gasteiger partial charge >= 0.3 is 0 Å². The number of Topliss-reactive ketones (excluding diaryl/α,β-unsaturated/α-hetero) is 1. The summed E-state index contributed by atoms with van der Waals surface area (Å²) in [5.41, 5.74) is -0.417. The minimum atomic E-state index is -0.936. The van der Waals surface area contributed by atoms with Crippen molar-refractivity contribution in [3.05, 3.63) is 34.4 Å². The van der Waals surface area contributed by atoms with E-state index in [-0.39, 0.29) is 0 Å². The zero-order valence-electron chi connectivity index (χ0n) is 6.28. The van der Waals surface area contributed by atoms with E-state index in [4.69, 9.17) is 23.2 Å². The van der Waals surface area contributed by atoms with E-state index >= 15 is 0 Å². The third-order valence-corrected chi connectivity index (χ3v) is 1.93. The Morgan fingerprint density at radius 3 is 2.54 bits per heavy atom. The second-order valence-electron chi connectivity index (χ2n) is 2.31. The van der Waals surface area contributed by atoms with Gasteiger partial charge in [-0.15, -0.1) is 11.6 Å². The molecule has 0 amide bonds. The Bertz CT molecular complexity index is 352. The molecule has 0 aliphatic heterocycles. The summed E-state index contributed by atoms with van der Waals surface area (Å²) in [5, 5.41) is -0.423. The Hall–Kier alpha value is -0.670. The molecule has 0 saturated heterocycles. The molecule has 0 N–H and O–H groups in total. The maximum absolute atomic E-state index is 13.0. The quantitative estimate of drug-likeness (QED) is 0.429. The lowest BCUT2D eigenvalue weighted by atomic mass is 10.1. The van der Waals surface area contributed by atoms with Crippen LogP contribution in [-0.2, 0) is 0 Å². The lowest BCUT2D eigenvalue weighted by Gasteiger charge is -2.01. The fourth-order valence-electron chi connectivity index (χ4n) is 0.831. The van der Waals surface area contributed by atoms with Crippen LogP contribution in [-0.4, -0.2) is 11.7 Å². The van der Waals surface area contributed by atoms with Gasteiger partial charge in [-0.2, -0.15) is 0 Å². The molecule has 0 heterocycles. The summed E-state index contributed by atoms with van der Waals surface area (Å²) in [6.07, 6.45) is 0. The van der Waals surface area contributed by atoms with Crippen LogP contribution >= 0.6 is 23.2 Å². The molecule has 0 radical (unpaired) electrons. The number of hydrogen-bond donors (Lipinski definition) is 0. The first-order valence-electron chi connectivity index (χ1n) is 3.30. The summed E-state index contributed by atoms with van der Waals surface area (Å²) >= 11 is 10.5. The van der Waals surface area contributed by atoms with Gasteiger partial charge in [-0.3, -0.25) is 4.79 Å². The van der Waals surface area contributed by atoms with Gasteiger partial charge in [-0.1, -0.05) is 11.6 Å². The topological polar surface area (TPSA) is 17.1 Å². The molecule has 0 bridgehead atoms. The average molecular weight is 225 g/mol. The number of ketones is 1. The van der Waals surface area contributed by atoms with Gasteiger partial charge in [0.2, 0.25) is 0 Å². The van der Waals surface area contributed by atoms with E-state index in [0.717, 1.165) is 12.1 Å². The third kappa shape index (κ3) is 2.17. The van der Waals surface area contributed by atoms with Crippen molar-refractivity contribution < 1.29 is 13.6 Å². The number of alkyl halides is 1. The Morgan fingerprint density at radius 1 is 1.38 bits per heavy atom. The highest BCUT2D eigenvalue weighted by atomic mass is 35.5. The van der Waals surface area contributed by atoms with Crippen molar-refractivity contribution in [3.63, 3.8) is 0 Å². The van der Waals surface area contributed by atoms with E-state index in [2.05, 4.69) is 0 Å². The third-order valence-electron chi connectivity index (χ3n) is 1.41. The van der Waals surface area contributed by atoms with E-state index < -0.39 is 33.9 Å². The second-order valence-corrected chi connectivity index (χ2v) is 2.98. The molecule has 1 aromatic carbocycles. The van der Waals surface area contributed by atoms with Crippen LogP contribution in [0.2, 0.25) is 5.02 Å². The van der Waals surface area contributed by atoms with Crippen LogP contribution in [0.5, 0.6) is 0 Å². The SMILES string of the molecule is O=C(CCl)c1cc(F)cc(Cl)c1F. The molecule has 0 unspecified atom stereocenters. The standard InChI is InChI=1S/C8H4Cl2F2O/c9-3-7(13)5-1-4(11)2-6(10)8(5)12/h1-2H,3H2. The number of carbonyl (C=O) groups excluding carboxylic acids is 1. The summed E-state index contributed by atoms with van der Waals surface area (Å²) in [5.74, 6) is -2.80. The molecule has 1 nitrogen and oxygen atoms in total. The van der Waals surface area contributed by atoms with Crippen LogP contribution in [0.3, 0.4) is 0 Å². The molecule has 1 rings (SSSR count). The molecule has 0 aliphatic rings. The van der Waals surface area contributed by atoms with Crippen molar-refractivity contribution in [1.82, 2.24) is 0 Å². The van der Waals surface area contributed by atoms with E-state index in [1.165, 1.54) is 0 Å². The number of carbonyl (C=O) groups is 1. The predicted molar refractivity (Wildman–Crippen MR) is 46.4 cm³/mol. The maximum Gasteiger partial charge on any atom is 0.180 e. The zero-order valence-corrected chi connectivity index (χ0v) is 7.79. The van der Waals surface area contributed by atoms with Gasteiger partial charge in [0.25, 0.3) is 0 Å². The molecule has 0 saturated carbocycles. The predicted octanol–water partition coefficient (Wildman–Crippen LogP) is 3.04. The van der Waals surface area contributed by atoms with E-state index in [1.807, 2.05) is 0 Å². The molecular formula is C8H4Cl2F2O. The Morgan fingerprint density at radius 2 is 2.00 bits per heavy atom. The van der Waals surface area contributed by atoms with Crippen molar-refractivity contribution >= 4 is 29.0 Å². The number of rotatable bonds is 2. The number of hydrogen-bond acceptors (Lipinski definition) is 1. The maximum atomic E-state index is 13.0. The fraction of sp³-hybridized carbons (Fsp3) is 0.125. The number of benzene rings is 1. The van der Waals surface area contributed by atoms with Crippen LogP contribution < -0.4 is 0 Å². The number of halogens is 4. The van der Waals surface area contributed by atoms with Crippen molar-refractivity contribution in [3.8, 4) is 0 Å². The highest BCUT2D eigenvalue weighted by Gasteiger charge is 2.15. The summed E-state index contributed by atoms with van der Waals surface area (Å²) in [6, 6.07) is 1.56. The Balaban J connectivity index is 3.28. The lowest BCUT2D eigenvalue weighted by molar-refractivity contribution is 0.101. The molecule has 0 fully saturated rings. The minimum Gasteiger partial charge on any atom is -0.293 e. The second kappa shape index (κ2) is 4.03. The Kier molecular flexibility index (Phi) is 3.22. The molecule has 70 valence electrons. The van der Waals surface area contributed by atoms with Crippen LogP contribution in [0.1, 0.15) is 10.4 Å². The first kappa shape index (κ1) is 10.4. The highest BCUT2D eigenvalue weighted by Crippen LogP contribution is 2.20. The molecule has 0 spiro atoms. The van der Waals surface area contributed by atoms with E-state index in [0.29, 0.717) is 0 Å². The van der Waals surface area contributed by atoms with E-state index in [9.17, 15) is 13.6 Å². The summed E-state index contributed by atoms with van der Waals surface area (Å²) in [6.45, 7) is 0. The molecule has 1 aromatic rings. The van der Waals surface area contributed by atoms with Crippen molar-refractivity contribution in [1.29, 1.82) is 0 Å². The summed E-state index contributed by atoms with van der Waals surface area (Å²) in [7, 11) is 0. The van der Waals surface area contributed by atoms with Gasteiger partial charge in [0.15, 0.2) is 11.6 Å². The first-order valence-corrected chi connectivity index (χ1v) is 4.21. The van der Waals surface area contributed by atoms with Gasteiger partial charge in [0, 0.05) is 0 Å². The molecule has 13 heavy (non-hydrogen) atoms. The van der Waals surface area contributed by atoms with Crippen molar-refractivity contribution in [2.75, 3.05) is 5.88 Å². The van der Waals surface area contributed by atoms with Gasteiger partial charge in [-0.25, -0.2) is 8.78 Å². The van der Waals surface area contributed by atoms with Crippen LogP contribution in [0.15, 0.2) is 12.1 Å². The van der Waals surface area contributed by atoms with Gasteiger partial charge in [0.05, 0.1) is 16.5 Å². The van der Waals surface area contributed by atoms with Crippen molar-refractivity contribution in [2.45, 2.75) is 0 Å². The normalized spacial score (nSPS) is 10.2. The van der Waals surface area contributed by atoms with Crippen LogP contribution in [0, 0.1) is 11.6 Å². The first-order chi connectivity index (χ1) is 6.06. The highest BCUT2D eigenvalue weighted by molar-refractivity contribution is 6.33. The molecule has 0 aromatic heterocycles. The monoisotopic (exact) mass is 224 g/mol. The summed E-state index contributed by atoms with van der Waals surface area (Å²) in [4.78, 5) is 10.9. The molecule has 0 atom stereocenters. The van der Waals surface area contributed by atoms with Gasteiger partial charge in [0.1, 0.15) is 5.82 Å².